The van der Waals surface area contributed by atoms with Crippen molar-refractivity contribution in [1.29, 1.82) is 0 Å². The second kappa shape index (κ2) is 4.66. The zero-order valence-electron chi connectivity index (χ0n) is 11.6. The van der Waals surface area contributed by atoms with Crippen LogP contribution in [0.25, 0.3) is 33.7 Å². The Morgan fingerprint density at radius 3 is 2.86 bits per heavy atom. The number of pyridine rings is 1. The summed E-state index contributed by atoms with van der Waals surface area (Å²) in [4.78, 5) is 19.0. The van der Waals surface area contributed by atoms with Crippen LogP contribution in [0.1, 0.15) is 5.69 Å². The maximum atomic E-state index is 11.8. The van der Waals surface area contributed by atoms with Gasteiger partial charge in [-0.25, -0.2) is 0 Å². The van der Waals surface area contributed by atoms with Crippen LogP contribution in [0.2, 0.25) is 0 Å². The van der Waals surface area contributed by atoms with E-state index < -0.39 is 0 Å². The molecule has 7 heteroatoms. The van der Waals surface area contributed by atoms with Gasteiger partial charge in [0.25, 0.3) is 5.89 Å². The minimum atomic E-state index is -0.215. The monoisotopic (exact) mass is 293 g/mol. The van der Waals surface area contributed by atoms with Crippen LogP contribution in [0, 0.1) is 6.92 Å². The highest BCUT2D eigenvalue weighted by atomic mass is 16.5. The van der Waals surface area contributed by atoms with Gasteiger partial charge in [0, 0.05) is 22.7 Å². The number of para-hydroxylation sites is 1. The second-order valence-electron chi connectivity index (χ2n) is 4.92. The lowest BCUT2D eigenvalue weighted by atomic mass is 10.1. The molecule has 0 unspecified atom stereocenters. The van der Waals surface area contributed by atoms with Crippen molar-refractivity contribution in [2.45, 2.75) is 6.92 Å². The van der Waals surface area contributed by atoms with Crippen LogP contribution in [0.15, 0.2) is 45.8 Å². The molecule has 0 aliphatic carbocycles. The van der Waals surface area contributed by atoms with E-state index >= 15 is 0 Å². The predicted molar refractivity (Wildman–Crippen MR) is 80.2 cm³/mol. The first-order chi connectivity index (χ1) is 10.7. The van der Waals surface area contributed by atoms with E-state index in [0.29, 0.717) is 17.3 Å². The number of H-pyrrole nitrogens is 2. The topological polar surface area (TPSA) is 100 Å². The van der Waals surface area contributed by atoms with Crippen LogP contribution >= 0.6 is 0 Å². The van der Waals surface area contributed by atoms with Crippen LogP contribution in [-0.4, -0.2) is 25.3 Å². The van der Waals surface area contributed by atoms with Gasteiger partial charge in [0.1, 0.15) is 0 Å². The van der Waals surface area contributed by atoms with Gasteiger partial charge < -0.3 is 9.51 Å². The standard InChI is InChI=1S/C15H11N5O2/c1-8-11(7-16-19-8)14-18-15(22-20-14)10-6-13(21)17-12-5-3-2-4-9(10)12/h2-7H,1H3,(H,16,19)(H,17,21). The van der Waals surface area contributed by atoms with Crippen molar-refractivity contribution in [3.8, 4) is 22.8 Å². The molecule has 7 nitrogen and oxygen atoms in total. The molecule has 0 spiro atoms. The van der Waals surface area contributed by atoms with Gasteiger partial charge in [-0.1, -0.05) is 23.4 Å². The summed E-state index contributed by atoms with van der Waals surface area (Å²) in [6.45, 7) is 1.88. The van der Waals surface area contributed by atoms with Crippen LogP contribution in [0.3, 0.4) is 0 Å². The Bertz CT molecular complexity index is 1030. The normalized spacial score (nSPS) is 11.1. The molecule has 0 bridgehead atoms. The van der Waals surface area contributed by atoms with Gasteiger partial charge in [0.15, 0.2) is 0 Å². The molecule has 0 radical (unpaired) electrons. The first kappa shape index (κ1) is 12.5. The molecule has 3 aromatic heterocycles. The zero-order valence-corrected chi connectivity index (χ0v) is 11.6. The Morgan fingerprint density at radius 1 is 1.18 bits per heavy atom. The third kappa shape index (κ3) is 1.91. The average molecular weight is 293 g/mol. The highest BCUT2D eigenvalue weighted by Gasteiger charge is 2.16. The molecule has 0 fully saturated rings. The SMILES string of the molecule is Cc1[nH]ncc1-c1noc(-c2cc(=O)[nH]c3ccccc23)n1. The van der Waals surface area contributed by atoms with Crippen molar-refractivity contribution < 1.29 is 4.52 Å². The molecular formula is C15H11N5O2. The maximum absolute atomic E-state index is 11.8. The number of aromatic nitrogens is 5. The predicted octanol–water partition coefficient (Wildman–Crippen LogP) is 2.28. The molecule has 2 N–H and O–H groups in total. The molecule has 0 saturated heterocycles. The van der Waals surface area contributed by atoms with Crippen molar-refractivity contribution in [2.75, 3.05) is 0 Å². The third-order valence-electron chi connectivity index (χ3n) is 3.48. The van der Waals surface area contributed by atoms with Crippen molar-refractivity contribution in [2.24, 2.45) is 0 Å². The molecule has 108 valence electrons. The largest absolute Gasteiger partial charge is 0.334 e. The molecule has 1 aromatic carbocycles. The summed E-state index contributed by atoms with van der Waals surface area (Å²) in [6, 6.07) is 8.94. The first-order valence-corrected chi connectivity index (χ1v) is 6.69. The summed E-state index contributed by atoms with van der Waals surface area (Å²) in [7, 11) is 0. The highest BCUT2D eigenvalue weighted by Crippen LogP contribution is 2.27. The van der Waals surface area contributed by atoms with Crippen molar-refractivity contribution in [3.05, 3.63) is 52.6 Å². The summed E-state index contributed by atoms with van der Waals surface area (Å²) < 4.78 is 5.34. The molecule has 4 aromatic rings. The fourth-order valence-electron chi connectivity index (χ4n) is 2.40. The molecular weight excluding hydrogens is 282 g/mol. The number of rotatable bonds is 2. The van der Waals surface area contributed by atoms with Gasteiger partial charge in [-0.15, -0.1) is 0 Å². The average Bonchev–Trinajstić information content (AvgIpc) is 3.14. The van der Waals surface area contributed by atoms with Gasteiger partial charge in [-0.05, 0) is 13.0 Å². The third-order valence-corrected chi connectivity index (χ3v) is 3.48. The minimum Gasteiger partial charge on any atom is -0.334 e. The van der Waals surface area contributed by atoms with Gasteiger partial charge in [-0.2, -0.15) is 10.1 Å². The zero-order chi connectivity index (χ0) is 15.1. The number of hydrogen-bond donors (Lipinski definition) is 2. The number of fused-ring (bicyclic) bond motifs is 1. The van der Waals surface area contributed by atoms with E-state index in [1.165, 1.54) is 6.07 Å². The summed E-state index contributed by atoms with van der Waals surface area (Å²) in [5, 5.41) is 11.6. The number of nitrogens with zero attached hydrogens (tertiary/aromatic N) is 3. The Kier molecular flexibility index (Phi) is 2.65. The van der Waals surface area contributed by atoms with Crippen molar-refractivity contribution >= 4 is 10.9 Å². The summed E-state index contributed by atoms with van der Waals surface area (Å²) in [5.41, 5.74) is 2.74. The molecule has 0 aliphatic heterocycles. The molecule has 0 aliphatic rings. The van der Waals surface area contributed by atoms with E-state index in [-0.39, 0.29) is 5.56 Å². The lowest BCUT2D eigenvalue weighted by molar-refractivity contribution is 0.432. The molecule has 3 heterocycles. The van der Waals surface area contributed by atoms with Crippen LogP contribution in [0.4, 0.5) is 0 Å². The Labute approximate surface area is 124 Å². The maximum Gasteiger partial charge on any atom is 0.259 e. The fourth-order valence-corrected chi connectivity index (χ4v) is 2.40. The molecule has 4 rings (SSSR count). The van der Waals surface area contributed by atoms with E-state index in [1.807, 2.05) is 31.2 Å². The van der Waals surface area contributed by atoms with Crippen LogP contribution in [0.5, 0.6) is 0 Å². The van der Waals surface area contributed by atoms with Crippen LogP contribution in [-0.2, 0) is 0 Å². The van der Waals surface area contributed by atoms with E-state index in [2.05, 4.69) is 25.3 Å². The molecule has 0 atom stereocenters. The number of benzene rings is 1. The lowest BCUT2D eigenvalue weighted by Crippen LogP contribution is -2.04. The van der Waals surface area contributed by atoms with Gasteiger partial charge >= 0.3 is 0 Å². The van der Waals surface area contributed by atoms with E-state index in [4.69, 9.17) is 4.52 Å². The van der Waals surface area contributed by atoms with Crippen molar-refractivity contribution in [1.82, 2.24) is 25.3 Å². The Morgan fingerprint density at radius 2 is 2.05 bits per heavy atom. The van der Waals surface area contributed by atoms with E-state index in [9.17, 15) is 4.79 Å². The lowest BCUT2D eigenvalue weighted by Gasteiger charge is -2.01. The molecule has 0 amide bonds. The summed E-state index contributed by atoms with van der Waals surface area (Å²) >= 11 is 0. The number of hydrogen-bond acceptors (Lipinski definition) is 5. The molecule has 22 heavy (non-hydrogen) atoms. The van der Waals surface area contributed by atoms with Crippen molar-refractivity contribution in [3.63, 3.8) is 0 Å². The minimum absolute atomic E-state index is 0.215. The highest BCUT2D eigenvalue weighted by molar-refractivity contribution is 5.92. The van der Waals surface area contributed by atoms with Gasteiger partial charge in [0.2, 0.25) is 11.4 Å². The van der Waals surface area contributed by atoms with Gasteiger partial charge in [0.05, 0.1) is 17.3 Å². The van der Waals surface area contributed by atoms with E-state index in [0.717, 1.165) is 22.2 Å². The quantitative estimate of drug-likeness (QED) is 0.590. The van der Waals surface area contributed by atoms with Crippen LogP contribution < -0.4 is 5.56 Å². The number of nitrogens with one attached hydrogen (secondary N) is 2. The summed E-state index contributed by atoms with van der Waals surface area (Å²) in [5.74, 6) is 0.739. The fraction of sp³-hybridized carbons (Fsp3) is 0.0667. The smallest absolute Gasteiger partial charge is 0.259 e. The Hall–Kier alpha value is -3.22. The first-order valence-electron chi connectivity index (χ1n) is 6.69. The van der Waals surface area contributed by atoms with E-state index in [1.54, 1.807) is 6.20 Å². The Balaban J connectivity index is 1.92. The number of aromatic amines is 2. The molecule has 0 saturated carbocycles. The number of aryl methyl sites for hydroxylation is 1. The summed E-state index contributed by atoms with van der Waals surface area (Å²) in [6.07, 6.45) is 1.64. The second-order valence-corrected chi connectivity index (χ2v) is 4.92. The van der Waals surface area contributed by atoms with Gasteiger partial charge in [-0.3, -0.25) is 9.89 Å².